The van der Waals surface area contributed by atoms with Crippen LogP contribution in [0.3, 0.4) is 0 Å². The molecular weight excluding hydrogens is 176 g/mol. The standard InChI is InChI=1S/C11H18N2O/c14-11-3-1-2-10-9-4-8(5-12-6-9)7-13(10)11/h8-10,12H,1-7H2/t8-,9+,10+/m1/s1. The number of fused-ring (bicyclic) bond motifs is 4. The maximum absolute atomic E-state index is 11.8. The van der Waals surface area contributed by atoms with Crippen molar-refractivity contribution in [1.29, 1.82) is 0 Å². The minimum atomic E-state index is 0.415. The second kappa shape index (κ2) is 3.23. The molecule has 0 aromatic heterocycles. The van der Waals surface area contributed by atoms with Crippen molar-refractivity contribution in [3.63, 3.8) is 0 Å². The van der Waals surface area contributed by atoms with E-state index in [1.54, 1.807) is 0 Å². The fourth-order valence-corrected chi connectivity index (χ4v) is 3.45. The summed E-state index contributed by atoms with van der Waals surface area (Å²) in [5.41, 5.74) is 0. The van der Waals surface area contributed by atoms with Crippen LogP contribution < -0.4 is 5.32 Å². The zero-order chi connectivity index (χ0) is 9.54. The minimum Gasteiger partial charge on any atom is -0.339 e. The van der Waals surface area contributed by atoms with Crippen molar-refractivity contribution >= 4 is 5.91 Å². The van der Waals surface area contributed by atoms with E-state index < -0.39 is 0 Å². The van der Waals surface area contributed by atoms with Crippen LogP contribution in [0, 0.1) is 11.8 Å². The molecule has 2 bridgehead atoms. The van der Waals surface area contributed by atoms with Crippen LogP contribution in [0.4, 0.5) is 0 Å². The lowest BCUT2D eigenvalue weighted by molar-refractivity contribution is -0.142. The summed E-state index contributed by atoms with van der Waals surface area (Å²) in [6.07, 6.45) is 4.50. The number of carbonyl (C=O) groups excluding carboxylic acids is 1. The third kappa shape index (κ3) is 1.26. The average molecular weight is 194 g/mol. The number of rotatable bonds is 0. The van der Waals surface area contributed by atoms with E-state index in [1.165, 1.54) is 12.8 Å². The molecule has 3 rings (SSSR count). The number of hydrogen-bond donors (Lipinski definition) is 1. The van der Waals surface area contributed by atoms with E-state index in [9.17, 15) is 4.79 Å². The molecule has 3 heteroatoms. The molecule has 3 fully saturated rings. The van der Waals surface area contributed by atoms with Crippen molar-refractivity contribution in [1.82, 2.24) is 10.2 Å². The molecule has 0 spiro atoms. The highest BCUT2D eigenvalue weighted by Crippen LogP contribution is 2.35. The van der Waals surface area contributed by atoms with Gasteiger partial charge in [-0.25, -0.2) is 0 Å². The topological polar surface area (TPSA) is 32.3 Å². The monoisotopic (exact) mass is 194 g/mol. The molecular formula is C11H18N2O. The average Bonchev–Trinajstić information content (AvgIpc) is 2.20. The lowest BCUT2D eigenvalue weighted by atomic mass is 9.77. The van der Waals surface area contributed by atoms with Gasteiger partial charge in [-0.2, -0.15) is 0 Å². The Morgan fingerprint density at radius 3 is 3.21 bits per heavy atom. The lowest BCUT2D eigenvalue weighted by Gasteiger charge is -2.49. The zero-order valence-electron chi connectivity index (χ0n) is 8.54. The van der Waals surface area contributed by atoms with E-state index >= 15 is 0 Å². The van der Waals surface area contributed by atoms with Gasteiger partial charge in [0.15, 0.2) is 0 Å². The summed E-state index contributed by atoms with van der Waals surface area (Å²) in [5, 5.41) is 3.50. The van der Waals surface area contributed by atoms with Crippen molar-refractivity contribution in [2.45, 2.75) is 31.7 Å². The Morgan fingerprint density at radius 2 is 2.29 bits per heavy atom. The van der Waals surface area contributed by atoms with Gasteiger partial charge in [0.25, 0.3) is 0 Å². The van der Waals surface area contributed by atoms with Crippen molar-refractivity contribution in [2.24, 2.45) is 11.8 Å². The lowest BCUT2D eigenvalue weighted by Crippen LogP contribution is -2.59. The van der Waals surface area contributed by atoms with Crippen molar-refractivity contribution in [3.8, 4) is 0 Å². The van der Waals surface area contributed by atoms with Crippen molar-refractivity contribution < 1.29 is 4.79 Å². The van der Waals surface area contributed by atoms with Crippen molar-refractivity contribution in [3.05, 3.63) is 0 Å². The van der Waals surface area contributed by atoms with Crippen LogP contribution in [0.15, 0.2) is 0 Å². The first-order chi connectivity index (χ1) is 6.84. The van der Waals surface area contributed by atoms with Gasteiger partial charge in [-0.1, -0.05) is 0 Å². The number of nitrogens with zero attached hydrogens (tertiary/aromatic N) is 1. The van der Waals surface area contributed by atoms with Crippen LogP contribution in [0.2, 0.25) is 0 Å². The van der Waals surface area contributed by atoms with Gasteiger partial charge in [0.2, 0.25) is 5.91 Å². The Morgan fingerprint density at radius 1 is 1.36 bits per heavy atom. The second-order valence-corrected chi connectivity index (χ2v) is 5.03. The number of piperidine rings is 3. The van der Waals surface area contributed by atoms with E-state index in [0.29, 0.717) is 11.9 Å². The van der Waals surface area contributed by atoms with E-state index in [4.69, 9.17) is 0 Å². The predicted octanol–water partition coefficient (Wildman–Crippen LogP) is 0.607. The fourth-order valence-electron chi connectivity index (χ4n) is 3.45. The summed E-state index contributed by atoms with van der Waals surface area (Å²) >= 11 is 0. The second-order valence-electron chi connectivity index (χ2n) is 5.03. The van der Waals surface area contributed by atoms with Gasteiger partial charge in [-0.15, -0.1) is 0 Å². The number of nitrogens with one attached hydrogen (secondary N) is 1. The molecule has 3 heterocycles. The molecule has 0 aromatic rings. The normalized spacial score (nSPS) is 42.1. The molecule has 0 saturated carbocycles. The minimum absolute atomic E-state index is 0.415. The molecule has 1 N–H and O–H groups in total. The number of amides is 1. The summed E-state index contributed by atoms with van der Waals surface area (Å²) in [6.45, 7) is 3.27. The molecule has 0 radical (unpaired) electrons. The largest absolute Gasteiger partial charge is 0.339 e. The molecule has 0 aromatic carbocycles. The van der Waals surface area contributed by atoms with Gasteiger partial charge < -0.3 is 10.2 Å². The number of carbonyl (C=O) groups is 1. The fraction of sp³-hybridized carbons (Fsp3) is 0.909. The van der Waals surface area contributed by atoms with Gasteiger partial charge in [-0.05, 0) is 44.2 Å². The highest BCUT2D eigenvalue weighted by molar-refractivity contribution is 5.77. The smallest absolute Gasteiger partial charge is 0.222 e. The first-order valence-corrected chi connectivity index (χ1v) is 5.85. The Labute approximate surface area is 84.8 Å². The molecule has 14 heavy (non-hydrogen) atoms. The van der Waals surface area contributed by atoms with Crippen LogP contribution >= 0.6 is 0 Å². The third-order valence-electron chi connectivity index (χ3n) is 4.09. The molecule has 1 amide bonds. The van der Waals surface area contributed by atoms with Crippen molar-refractivity contribution in [2.75, 3.05) is 19.6 Å². The first-order valence-electron chi connectivity index (χ1n) is 5.85. The zero-order valence-corrected chi connectivity index (χ0v) is 8.54. The molecule has 3 aliphatic rings. The Bertz CT molecular complexity index is 254. The van der Waals surface area contributed by atoms with Gasteiger partial charge >= 0.3 is 0 Å². The van der Waals surface area contributed by atoms with E-state index in [-0.39, 0.29) is 0 Å². The summed E-state index contributed by atoms with van der Waals surface area (Å²) in [4.78, 5) is 13.9. The predicted molar refractivity (Wildman–Crippen MR) is 53.8 cm³/mol. The van der Waals surface area contributed by atoms with Crippen LogP contribution in [-0.4, -0.2) is 36.5 Å². The van der Waals surface area contributed by atoms with E-state index in [0.717, 1.165) is 44.3 Å². The molecule has 3 nitrogen and oxygen atoms in total. The molecule has 0 aliphatic carbocycles. The summed E-state index contributed by atoms with van der Waals surface area (Å²) in [5.74, 6) is 1.89. The molecule has 3 saturated heterocycles. The summed E-state index contributed by atoms with van der Waals surface area (Å²) in [6, 6.07) is 0.570. The molecule has 78 valence electrons. The first kappa shape index (κ1) is 8.72. The summed E-state index contributed by atoms with van der Waals surface area (Å²) < 4.78 is 0. The SMILES string of the molecule is O=C1CCC[C@H]2[C@@H]3CNC[C@@H](C3)CN12. The maximum atomic E-state index is 11.8. The highest BCUT2D eigenvalue weighted by Gasteiger charge is 2.41. The number of hydrogen-bond acceptors (Lipinski definition) is 2. The van der Waals surface area contributed by atoms with Crippen LogP contribution in [0.1, 0.15) is 25.7 Å². The maximum Gasteiger partial charge on any atom is 0.222 e. The third-order valence-corrected chi connectivity index (χ3v) is 4.09. The Balaban J connectivity index is 1.83. The molecule has 3 aliphatic heterocycles. The Hall–Kier alpha value is -0.570. The van der Waals surface area contributed by atoms with Gasteiger partial charge in [0.05, 0.1) is 0 Å². The van der Waals surface area contributed by atoms with Crippen LogP contribution in [0.5, 0.6) is 0 Å². The highest BCUT2D eigenvalue weighted by atomic mass is 16.2. The van der Waals surface area contributed by atoms with Gasteiger partial charge in [0.1, 0.15) is 0 Å². The molecule has 0 unspecified atom stereocenters. The van der Waals surface area contributed by atoms with E-state index in [2.05, 4.69) is 10.2 Å². The van der Waals surface area contributed by atoms with Gasteiger partial charge in [-0.3, -0.25) is 4.79 Å². The summed E-state index contributed by atoms with van der Waals surface area (Å²) in [7, 11) is 0. The van der Waals surface area contributed by atoms with Gasteiger partial charge in [0, 0.05) is 19.0 Å². The van der Waals surface area contributed by atoms with E-state index in [1.807, 2.05) is 0 Å². The van der Waals surface area contributed by atoms with Crippen LogP contribution in [0.25, 0.3) is 0 Å². The quantitative estimate of drug-likeness (QED) is 0.612. The molecule has 3 atom stereocenters. The Kier molecular flexibility index (Phi) is 2.01. The van der Waals surface area contributed by atoms with Crippen LogP contribution in [-0.2, 0) is 4.79 Å².